The molecule has 0 spiro atoms. The molecule has 0 saturated carbocycles. The van der Waals surface area contributed by atoms with Crippen LogP contribution in [0.4, 0.5) is 0 Å². The van der Waals surface area contributed by atoms with Gasteiger partial charge < -0.3 is 31.9 Å². The normalized spacial score (nSPS) is 15.2. The fourth-order valence-corrected chi connectivity index (χ4v) is 4.07. The van der Waals surface area contributed by atoms with Crippen LogP contribution in [-0.2, 0) is 25.6 Å². The summed E-state index contributed by atoms with van der Waals surface area (Å²) in [6, 6.07) is 2.30. The largest absolute Gasteiger partial charge is 0.508 e. The molecule has 1 aromatic carbocycles. The average molecular weight is 539 g/mol. The minimum atomic E-state index is -1.14. The molecule has 37 heavy (non-hydrogen) atoms. The summed E-state index contributed by atoms with van der Waals surface area (Å²) in [7, 11) is 0. The Kier molecular flexibility index (Phi) is 14.1. The summed E-state index contributed by atoms with van der Waals surface area (Å²) >= 11 is 1.49. The van der Waals surface area contributed by atoms with Crippen LogP contribution in [0.15, 0.2) is 24.3 Å². The number of phenolic OH excluding ortho intramolecular Hbond substituents is 1. The molecule has 0 radical (unpaired) electrons. The highest BCUT2D eigenvalue weighted by atomic mass is 32.2. The lowest BCUT2D eigenvalue weighted by Crippen LogP contribution is -2.58. The van der Waals surface area contributed by atoms with Gasteiger partial charge in [0.25, 0.3) is 0 Å². The summed E-state index contributed by atoms with van der Waals surface area (Å²) in [5.41, 5.74) is 6.76. The van der Waals surface area contributed by atoms with E-state index in [0.29, 0.717) is 17.7 Å². The second-order valence-corrected chi connectivity index (χ2v) is 10.7. The summed E-state index contributed by atoms with van der Waals surface area (Å²) in [6.45, 7) is 7.47. The molecule has 7 N–H and O–H groups in total. The van der Waals surface area contributed by atoms with E-state index in [2.05, 4.69) is 16.0 Å². The highest BCUT2D eigenvalue weighted by Gasteiger charge is 2.31. The first-order valence-electron chi connectivity index (χ1n) is 12.6. The van der Waals surface area contributed by atoms with Crippen LogP contribution >= 0.6 is 11.8 Å². The lowest BCUT2D eigenvalue weighted by atomic mass is 9.98. The van der Waals surface area contributed by atoms with Crippen LogP contribution < -0.4 is 21.7 Å². The minimum Gasteiger partial charge on any atom is -0.508 e. The molecule has 0 saturated heterocycles. The number of phenols is 1. The van der Waals surface area contributed by atoms with Crippen molar-refractivity contribution < 1.29 is 29.4 Å². The molecule has 0 aliphatic heterocycles. The molecule has 3 amide bonds. The van der Waals surface area contributed by atoms with Gasteiger partial charge in [-0.05, 0) is 54.4 Å². The van der Waals surface area contributed by atoms with Crippen LogP contribution in [0, 0.1) is 11.8 Å². The van der Waals surface area contributed by atoms with Crippen LogP contribution in [0.25, 0.3) is 0 Å². The number of carbonyl (C=O) groups is 4. The van der Waals surface area contributed by atoms with E-state index in [9.17, 15) is 29.4 Å². The molecule has 0 aromatic heterocycles. The molecule has 0 aliphatic rings. The molecule has 1 aromatic rings. The molecule has 5 unspecified atom stereocenters. The molecule has 5 atom stereocenters. The monoisotopic (exact) mass is 538 g/mol. The quantitative estimate of drug-likeness (QED) is 0.184. The van der Waals surface area contributed by atoms with Crippen molar-refractivity contribution in [3.63, 3.8) is 0 Å². The number of carbonyl (C=O) groups excluding carboxylic acids is 3. The third-order valence-corrected chi connectivity index (χ3v) is 6.78. The van der Waals surface area contributed by atoms with Gasteiger partial charge in [-0.2, -0.15) is 11.8 Å². The van der Waals surface area contributed by atoms with Crippen molar-refractivity contribution in [1.82, 2.24) is 16.0 Å². The van der Waals surface area contributed by atoms with Crippen molar-refractivity contribution in [2.45, 2.75) is 77.5 Å². The third kappa shape index (κ3) is 11.4. The zero-order valence-electron chi connectivity index (χ0n) is 22.3. The number of carboxylic acids is 1. The van der Waals surface area contributed by atoms with Crippen molar-refractivity contribution in [3.05, 3.63) is 29.8 Å². The highest BCUT2D eigenvalue weighted by Crippen LogP contribution is 2.13. The molecule has 0 heterocycles. The second kappa shape index (κ2) is 16.1. The number of aliphatic carboxylic acids is 1. The van der Waals surface area contributed by atoms with Crippen LogP contribution in [0.3, 0.4) is 0 Å². The van der Waals surface area contributed by atoms with Gasteiger partial charge in [-0.15, -0.1) is 0 Å². The molecule has 11 heteroatoms. The SMILES string of the molecule is CCC(C)C(N)C(=O)NC(Cc1ccc(O)cc1)C(=O)NC(CCSC)C(=O)NC(CC(C)C)C(=O)O. The molecule has 10 nitrogen and oxygen atoms in total. The zero-order valence-corrected chi connectivity index (χ0v) is 23.1. The first-order chi connectivity index (χ1) is 17.4. The highest BCUT2D eigenvalue weighted by molar-refractivity contribution is 7.98. The van der Waals surface area contributed by atoms with E-state index in [0.717, 1.165) is 0 Å². The number of hydrogen-bond donors (Lipinski definition) is 6. The standard InChI is InChI=1S/C26H42N4O6S/c1-6-16(4)22(27)25(34)29-20(14-17-7-9-18(31)10-8-17)24(33)28-19(11-12-37-5)23(32)30-21(26(35)36)13-15(2)3/h7-10,15-16,19-22,31H,6,11-14,27H2,1-5H3,(H,28,33)(H,29,34)(H,30,32)(H,35,36). The summed E-state index contributed by atoms with van der Waals surface area (Å²) < 4.78 is 0. The fraction of sp³-hybridized carbons (Fsp3) is 0.615. The van der Waals surface area contributed by atoms with Crippen molar-refractivity contribution in [2.75, 3.05) is 12.0 Å². The molecular formula is C26H42N4O6S. The number of rotatable bonds is 16. The van der Waals surface area contributed by atoms with Gasteiger partial charge in [-0.3, -0.25) is 14.4 Å². The third-order valence-electron chi connectivity index (χ3n) is 6.13. The van der Waals surface area contributed by atoms with Crippen molar-refractivity contribution in [3.8, 4) is 5.75 Å². The molecule has 0 fully saturated rings. The van der Waals surface area contributed by atoms with E-state index in [-0.39, 0.29) is 36.8 Å². The number of carboxylic acid groups (broad SMARTS) is 1. The van der Waals surface area contributed by atoms with Gasteiger partial charge in [0.2, 0.25) is 17.7 Å². The minimum absolute atomic E-state index is 0.0419. The van der Waals surface area contributed by atoms with E-state index in [1.54, 1.807) is 12.1 Å². The zero-order chi connectivity index (χ0) is 28.1. The van der Waals surface area contributed by atoms with Crippen LogP contribution in [-0.4, -0.2) is 70.1 Å². The number of thioether (sulfide) groups is 1. The van der Waals surface area contributed by atoms with Gasteiger partial charge in [-0.1, -0.05) is 46.2 Å². The van der Waals surface area contributed by atoms with Crippen molar-refractivity contribution in [2.24, 2.45) is 17.6 Å². The van der Waals surface area contributed by atoms with E-state index in [1.807, 2.05) is 34.0 Å². The Morgan fingerprint density at radius 3 is 1.97 bits per heavy atom. The van der Waals surface area contributed by atoms with Crippen molar-refractivity contribution >= 4 is 35.5 Å². The molecule has 0 aliphatic carbocycles. The fourth-order valence-electron chi connectivity index (χ4n) is 3.60. The van der Waals surface area contributed by atoms with Crippen LogP contribution in [0.5, 0.6) is 5.75 Å². The number of benzene rings is 1. The number of aromatic hydroxyl groups is 1. The maximum Gasteiger partial charge on any atom is 0.326 e. The number of nitrogens with one attached hydrogen (secondary N) is 3. The van der Waals surface area contributed by atoms with Gasteiger partial charge in [-0.25, -0.2) is 4.79 Å². The Balaban J connectivity index is 3.13. The molecular weight excluding hydrogens is 496 g/mol. The van der Waals surface area contributed by atoms with Gasteiger partial charge in [0.05, 0.1) is 6.04 Å². The van der Waals surface area contributed by atoms with Crippen LogP contribution in [0.1, 0.15) is 52.5 Å². The smallest absolute Gasteiger partial charge is 0.326 e. The summed E-state index contributed by atoms with van der Waals surface area (Å²) in [6.07, 6.45) is 3.17. The van der Waals surface area contributed by atoms with E-state index < -0.39 is 47.9 Å². The lowest BCUT2D eigenvalue weighted by Gasteiger charge is -2.26. The van der Waals surface area contributed by atoms with Gasteiger partial charge >= 0.3 is 5.97 Å². The summed E-state index contributed by atoms with van der Waals surface area (Å²) in [4.78, 5) is 50.9. The predicted octanol–water partition coefficient (Wildman–Crippen LogP) is 1.65. The van der Waals surface area contributed by atoms with E-state index in [1.165, 1.54) is 23.9 Å². The number of amides is 3. The topological polar surface area (TPSA) is 171 Å². The molecule has 0 bridgehead atoms. The van der Waals surface area contributed by atoms with Crippen LogP contribution in [0.2, 0.25) is 0 Å². The summed E-state index contributed by atoms with van der Waals surface area (Å²) in [5.74, 6) is -2.26. The van der Waals surface area contributed by atoms with E-state index >= 15 is 0 Å². The Hall–Kier alpha value is -2.79. The predicted molar refractivity (Wildman–Crippen MR) is 145 cm³/mol. The van der Waals surface area contributed by atoms with E-state index in [4.69, 9.17) is 5.73 Å². The second-order valence-electron chi connectivity index (χ2n) is 9.71. The number of nitrogens with two attached hydrogens (primary N) is 1. The van der Waals surface area contributed by atoms with Gasteiger partial charge in [0.1, 0.15) is 23.9 Å². The lowest BCUT2D eigenvalue weighted by molar-refractivity contribution is -0.142. The Labute approximate surface area is 223 Å². The van der Waals surface area contributed by atoms with Gasteiger partial charge in [0, 0.05) is 6.42 Å². The summed E-state index contributed by atoms with van der Waals surface area (Å²) in [5, 5.41) is 27.1. The maximum atomic E-state index is 13.4. The first kappa shape index (κ1) is 32.2. The Bertz CT molecular complexity index is 896. The van der Waals surface area contributed by atoms with Crippen molar-refractivity contribution in [1.29, 1.82) is 0 Å². The molecule has 208 valence electrons. The Morgan fingerprint density at radius 1 is 0.919 bits per heavy atom. The average Bonchev–Trinajstić information content (AvgIpc) is 2.85. The maximum absolute atomic E-state index is 13.4. The Morgan fingerprint density at radius 2 is 1.46 bits per heavy atom. The number of hydrogen-bond acceptors (Lipinski definition) is 7. The first-order valence-corrected chi connectivity index (χ1v) is 13.9. The van der Waals surface area contributed by atoms with Gasteiger partial charge in [0.15, 0.2) is 0 Å². The molecule has 1 rings (SSSR count).